The molecule has 150 valence electrons. The lowest BCUT2D eigenvalue weighted by Gasteiger charge is -2.13. The largest absolute Gasteiger partial charge is 0.493 e. The fourth-order valence-corrected chi connectivity index (χ4v) is 3.50. The summed E-state index contributed by atoms with van der Waals surface area (Å²) in [5.74, 6) is 0.682. The maximum Gasteiger partial charge on any atom is 0.344 e. The Hall–Kier alpha value is -3.66. The van der Waals surface area contributed by atoms with Crippen molar-refractivity contribution in [3.8, 4) is 28.0 Å². The van der Waals surface area contributed by atoms with Gasteiger partial charge in [0.25, 0.3) is 0 Å². The first kappa shape index (κ1) is 19.6. The van der Waals surface area contributed by atoms with Crippen molar-refractivity contribution in [2.75, 3.05) is 6.61 Å². The lowest BCUT2D eigenvalue weighted by molar-refractivity contribution is 0.112. The van der Waals surface area contributed by atoms with Gasteiger partial charge in [-0.25, -0.2) is 4.79 Å². The Morgan fingerprint density at radius 3 is 2.33 bits per heavy atom. The zero-order valence-corrected chi connectivity index (χ0v) is 16.8. The van der Waals surface area contributed by atoms with Crippen LogP contribution in [0.3, 0.4) is 0 Å². The number of aldehydes is 1. The molecule has 0 spiro atoms. The molecule has 4 rings (SSSR count). The number of rotatable bonds is 7. The van der Waals surface area contributed by atoms with Crippen molar-refractivity contribution in [3.63, 3.8) is 0 Å². The zero-order valence-electron chi connectivity index (χ0n) is 16.8. The molecule has 1 aromatic heterocycles. The van der Waals surface area contributed by atoms with Crippen molar-refractivity contribution in [1.29, 1.82) is 0 Å². The molecule has 0 fully saturated rings. The molecule has 0 saturated carbocycles. The minimum absolute atomic E-state index is 0.425. The molecular weight excluding hydrogens is 376 g/mol. The van der Waals surface area contributed by atoms with Crippen LogP contribution in [0.25, 0.3) is 33.2 Å². The van der Waals surface area contributed by atoms with Crippen LogP contribution in [-0.4, -0.2) is 12.9 Å². The van der Waals surface area contributed by atoms with E-state index >= 15 is 0 Å². The molecule has 1 heterocycles. The highest BCUT2D eigenvalue weighted by Gasteiger charge is 2.18. The summed E-state index contributed by atoms with van der Waals surface area (Å²) in [5, 5.41) is 0.832. The molecule has 0 atom stereocenters. The number of hydrogen-bond donors (Lipinski definition) is 0. The number of fused-ring (bicyclic) bond motifs is 1. The van der Waals surface area contributed by atoms with Gasteiger partial charge in [0.1, 0.15) is 17.6 Å². The van der Waals surface area contributed by atoms with Gasteiger partial charge in [0, 0.05) is 22.6 Å². The number of carbonyl (C=O) groups excluding carboxylic acids is 1. The Bertz CT molecular complexity index is 1220. The summed E-state index contributed by atoms with van der Waals surface area (Å²) in [6.45, 7) is 2.73. The van der Waals surface area contributed by atoms with Gasteiger partial charge in [-0.15, -0.1) is 0 Å². The highest BCUT2D eigenvalue weighted by Crippen LogP contribution is 2.37. The van der Waals surface area contributed by atoms with Gasteiger partial charge in [-0.1, -0.05) is 67.9 Å². The van der Waals surface area contributed by atoms with E-state index in [4.69, 9.17) is 9.15 Å². The van der Waals surface area contributed by atoms with E-state index in [9.17, 15) is 9.59 Å². The number of carbonyl (C=O) groups is 1. The summed E-state index contributed by atoms with van der Waals surface area (Å²) in [6.07, 6.45) is 2.80. The number of hydrogen-bond acceptors (Lipinski definition) is 4. The predicted molar refractivity (Wildman–Crippen MR) is 119 cm³/mol. The molecule has 0 N–H and O–H groups in total. The smallest absolute Gasteiger partial charge is 0.344 e. The van der Waals surface area contributed by atoms with Gasteiger partial charge in [0.15, 0.2) is 0 Å². The molecular formula is C26H22O4. The molecule has 4 aromatic rings. The van der Waals surface area contributed by atoms with E-state index in [0.29, 0.717) is 34.6 Å². The molecule has 0 unspecified atom stereocenters. The average Bonchev–Trinajstić information content (AvgIpc) is 2.79. The monoisotopic (exact) mass is 398 g/mol. The second-order valence-corrected chi connectivity index (χ2v) is 7.11. The molecule has 3 aromatic carbocycles. The molecule has 30 heavy (non-hydrogen) atoms. The topological polar surface area (TPSA) is 56.5 Å². The quantitative estimate of drug-likeness (QED) is 0.214. The van der Waals surface area contributed by atoms with Gasteiger partial charge in [0.2, 0.25) is 0 Å². The Balaban J connectivity index is 1.94. The second kappa shape index (κ2) is 8.78. The normalized spacial score (nSPS) is 10.8. The molecule has 0 saturated heterocycles. The first-order chi connectivity index (χ1) is 14.7. The van der Waals surface area contributed by atoms with Crippen molar-refractivity contribution in [2.24, 2.45) is 0 Å². The Morgan fingerprint density at radius 1 is 0.900 bits per heavy atom. The van der Waals surface area contributed by atoms with Crippen molar-refractivity contribution >= 4 is 17.3 Å². The molecule has 0 aliphatic heterocycles. The molecule has 0 aliphatic rings. The standard InChI is InChI=1S/C26H22O4/c1-2-3-15-29-21-13-14-22-23(16-21)30-26(28)25(20-11-9-18(17-27)10-12-20)24(22)19-7-5-4-6-8-19/h4-14,16-17H,2-3,15H2,1H3. The molecule has 4 nitrogen and oxygen atoms in total. The predicted octanol–water partition coefficient (Wildman–Crippen LogP) is 6.12. The van der Waals surface area contributed by atoms with Gasteiger partial charge in [0.05, 0.1) is 12.2 Å². The van der Waals surface area contributed by atoms with E-state index in [1.165, 1.54) is 0 Å². The lowest BCUT2D eigenvalue weighted by Crippen LogP contribution is -2.06. The maximum absolute atomic E-state index is 13.1. The fraction of sp³-hybridized carbons (Fsp3) is 0.154. The Labute approximate surface area is 174 Å². The highest BCUT2D eigenvalue weighted by atomic mass is 16.5. The van der Waals surface area contributed by atoms with Crippen LogP contribution < -0.4 is 10.4 Å². The fourth-order valence-electron chi connectivity index (χ4n) is 3.50. The van der Waals surface area contributed by atoms with Crippen LogP contribution in [0.1, 0.15) is 30.1 Å². The van der Waals surface area contributed by atoms with Crippen molar-refractivity contribution in [2.45, 2.75) is 19.8 Å². The summed E-state index contributed by atoms with van der Waals surface area (Å²) < 4.78 is 11.5. The molecule has 0 bridgehead atoms. The number of benzene rings is 3. The van der Waals surface area contributed by atoms with Crippen LogP contribution in [0.4, 0.5) is 0 Å². The first-order valence-corrected chi connectivity index (χ1v) is 10.1. The lowest BCUT2D eigenvalue weighted by atomic mass is 9.92. The summed E-state index contributed by atoms with van der Waals surface area (Å²) in [4.78, 5) is 24.1. The molecule has 0 amide bonds. The van der Waals surface area contributed by atoms with E-state index in [1.807, 2.05) is 42.5 Å². The number of unbranched alkanes of at least 4 members (excludes halogenated alkanes) is 1. The van der Waals surface area contributed by atoms with Crippen LogP contribution in [-0.2, 0) is 0 Å². The third kappa shape index (κ3) is 3.90. The zero-order chi connectivity index (χ0) is 20.9. The minimum Gasteiger partial charge on any atom is -0.493 e. The van der Waals surface area contributed by atoms with Gasteiger partial charge < -0.3 is 9.15 Å². The second-order valence-electron chi connectivity index (χ2n) is 7.11. The SMILES string of the molecule is CCCCOc1ccc2c(-c3ccccc3)c(-c3ccc(C=O)cc3)c(=O)oc2c1. The van der Waals surface area contributed by atoms with E-state index in [0.717, 1.165) is 35.6 Å². The third-order valence-corrected chi connectivity index (χ3v) is 5.04. The van der Waals surface area contributed by atoms with E-state index in [1.54, 1.807) is 30.3 Å². The average molecular weight is 398 g/mol. The molecule has 0 radical (unpaired) electrons. The third-order valence-electron chi connectivity index (χ3n) is 5.04. The molecule has 0 aliphatic carbocycles. The van der Waals surface area contributed by atoms with Gasteiger partial charge >= 0.3 is 5.63 Å². The summed E-state index contributed by atoms with van der Waals surface area (Å²) in [6, 6.07) is 22.3. The first-order valence-electron chi connectivity index (χ1n) is 10.1. The van der Waals surface area contributed by atoms with Crippen LogP contribution >= 0.6 is 0 Å². The van der Waals surface area contributed by atoms with Crippen molar-refractivity contribution in [3.05, 3.63) is 88.8 Å². The van der Waals surface area contributed by atoms with Gasteiger partial charge in [-0.2, -0.15) is 0 Å². The summed E-state index contributed by atoms with van der Waals surface area (Å²) in [5.41, 5.74) is 3.53. The van der Waals surface area contributed by atoms with Crippen LogP contribution in [0.5, 0.6) is 5.75 Å². The minimum atomic E-state index is -0.425. The van der Waals surface area contributed by atoms with Crippen LogP contribution in [0.15, 0.2) is 82.0 Å². The summed E-state index contributed by atoms with van der Waals surface area (Å²) in [7, 11) is 0. The van der Waals surface area contributed by atoms with E-state index in [2.05, 4.69) is 6.92 Å². The Kier molecular flexibility index (Phi) is 5.75. The summed E-state index contributed by atoms with van der Waals surface area (Å²) >= 11 is 0. The van der Waals surface area contributed by atoms with Crippen molar-refractivity contribution < 1.29 is 13.9 Å². The highest BCUT2D eigenvalue weighted by molar-refractivity contribution is 6.01. The molecule has 4 heteroatoms. The Morgan fingerprint density at radius 2 is 1.63 bits per heavy atom. The van der Waals surface area contributed by atoms with Gasteiger partial charge in [-0.05, 0) is 29.7 Å². The number of ether oxygens (including phenoxy) is 1. The van der Waals surface area contributed by atoms with Crippen LogP contribution in [0, 0.1) is 0 Å². The van der Waals surface area contributed by atoms with Crippen molar-refractivity contribution in [1.82, 2.24) is 0 Å². The van der Waals surface area contributed by atoms with E-state index < -0.39 is 5.63 Å². The maximum atomic E-state index is 13.1. The van der Waals surface area contributed by atoms with Gasteiger partial charge in [-0.3, -0.25) is 4.79 Å². The van der Waals surface area contributed by atoms with Crippen LogP contribution in [0.2, 0.25) is 0 Å². The van der Waals surface area contributed by atoms with E-state index in [-0.39, 0.29) is 0 Å².